The van der Waals surface area contributed by atoms with E-state index in [0.717, 1.165) is 6.07 Å². The molecular formula is C15H18FN3O2. The van der Waals surface area contributed by atoms with Crippen LogP contribution in [0.2, 0.25) is 0 Å². The van der Waals surface area contributed by atoms with Crippen LogP contribution in [-0.2, 0) is 0 Å². The highest BCUT2D eigenvalue weighted by Crippen LogP contribution is 2.37. The third-order valence-electron chi connectivity index (χ3n) is 3.67. The van der Waals surface area contributed by atoms with Crippen LogP contribution < -0.4 is 5.73 Å². The molecular weight excluding hydrogens is 273 g/mol. The van der Waals surface area contributed by atoms with Crippen molar-refractivity contribution in [2.24, 2.45) is 11.7 Å². The van der Waals surface area contributed by atoms with Crippen molar-refractivity contribution in [2.75, 3.05) is 0 Å². The third-order valence-corrected chi connectivity index (χ3v) is 3.67. The summed E-state index contributed by atoms with van der Waals surface area (Å²) >= 11 is 0. The van der Waals surface area contributed by atoms with Crippen LogP contribution in [-0.4, -0.2) is 15.9 Å². The van der Waals surface area contributed by atoms with E-state index in [9.17, 15) is 14.5 Å². The first-order valence-corrected chi connectivity index (χ1v) is 6.81. The molecule has 2 unspecified atom stereocenters. The summed E-state index contributed by atoms with van der Waals surface area (Å²) in [4.78, 5) is 14.7. The molecule has 0 spiro atoms. The van der Waals surface area contributed by atoms with Crippen molar-refractivity contribution in [3.8, 4) is 0 Å². The minimum absolute atomic E-state index is 0.0890. The summed E-state index contributed by atoms with van der Waals surface area (Å²) in [6.45, 7) is 5.70. The molecule has 0 saturated heterocycles. The van der Waals surface area contributed by atoms with Crippen molar-refractivity contribution in [3.63, 3.8) is 0 Å². The number of hydrogen-bond acceptors (Lipinski definition) is 4. The van der Waals surface area contributed by atoms with Gasteiger partial charge in [0.2, 0.25) is 0 Å². The molecule has 1 aromatic carbocycles. The number of nitro groups is 1. The standard InChI is InChI=1S/C15H18FN3O2/c1-8(2)13(9(3)17)14-11(16)7-12(19(20)21)10-5-4-6-18-15(10)14/h4-9,13H,17H2,1-3H3. The molecule has 0 radical (unpaired) electrons. The number of pyridine rings is 1. The van der Waals surface area contributed by atoms with Crippen molar-refractivity contribution < 1.29 is 9.31 Å². The summed E-state index contributed by atoms with van der Waals surface area (Å²) in [6.07, 6.45) is 1.51. The Kier molecular flexibility index (Phi) is 4.18. The van der Waals surface area contributed by atoms with Crippen molar-refractivity contribution in [1.29, 1.82) is 0 Å². The van der Waals surface area contributed by atoms with Crippen molar-refractivity contribution >= 4 is 16.6 Å². The molecule has 2 aromatic rings. The number of fused-ring (bicyclic) bond motifs is 1. The second-order valence-electron chi connectivity index (χ2n) is 5.58. The van der Waals surface area contributed by atoms with Gasteiger partial charge in [-0.3, -0.25) is 15.1 Å². The van der Waals surface area contributed by atoms with Crippen LogP contribution in [0.3, 0.4) is 0 Å². The maximum Gasteiger partial charge on any atom is 0.281 e. The molecule has 0 aliphatic rings. The molecule has 0 saturated carbocycles. The number of halogens is 1. The quantitative estimate of drug-likeness (QED) is 0.691. The fraction of sp³-hybridized carbons (Fsp3) is 0.400. The van der Waals surface area contributed by atoms with E-state index in [1.807, 2.05) is 13.8 Å². The molecule has 6 heteroatoms. The van der Waals surface area contributed by atoms with Crippen LogP contribution in [0.5, 0.6) is 0 Å². The lowest BCUT2D eigenvalue weighted by atomic mass is 9.82. The molecule has 2 rings (SSSR count). The zero-order chi connectivity index (χ0) is 15.7. The minimum atomic E-state index is -0.621. The van der Waals surface area contributed by atoms with E-state index in [2.05, 4.69) is 4.98 Å². The Balaban J connectivity index is 2.84. The lowest BCUT2D eigenvalue weighted by Gasteiger charge is -2.26. The first-order valence-electron chi connectivity index (χ1n) is 6.81. The minimum Gasteiger partial charge on any atom is -0.327 e. The zero-order valence-corrected chi connectivity index (χ0v) is 12.2. The first-order chi connectivity index (χ1) is 9.84. The van der Waals surface area contributed by atoms with Gasteiger partial charge in [0, 0.05) is 23.7 Å². The molecule has 21 heavy (non-hydrogen) atoms. The summed E-state index contributed by atoms with van der Waals surface area (Å²) in [5, 5.41) is 11.4. The van der Waals surface area contributed by atoms with Gasteiger partial charge in [-0.05, 0) is 25.0 Å². The van der Waals surface area contributed by atoms with E-state index >= 15 is 0 Å². The van der Waals surface area contributed by atoms with E-state index in [0.29, 0.717) is 16.5 Å². The maximum absolute atomic E-state index is 14.5. The predicted molar refractivity (Wildman–Crippen MR) is 79.6 cm³/mol. The SMILES string of the molecule is CC(C)C(c1c(F)cc([N+](=O)[O-])c2cccnc12)C(C)N. The molecule has 1 heterocycles. The summed E-state index contributed by atoms with van der Waals surface area (Å²) in [5.74, 6) is -0.793. The molecule has 0 bridgehead atoms. The Labute approximate surface area is 122 Å². The lowest BCUT2D eigenvalue weighted by molar-refractivity contribution is -0.383. The van der Waals surface area contributed by atoms with E-state index in [4.69, 9.17) is 5.73 Å². The van der Waals surface area contributed by atoms with Gasteiger partial charge in [-0.25, -0.2) is 4.39 Å². The Bertz CT molecular complexity index is 678. The number of nitrogens with two attached hydrogens (primary N) is 1. The first kappa shape index (κ1) is 15.3. The van der Waals surface area contributed by atoms with Crippen molar-refractivity contribution in [3.05, 3.63) is 45.9 Å². The van der Waals surface area contributed by atoms with Gasteiger partial charge in [-0.2, -0.15) is 0 Å². The Morgan fingerprint density at radius 2 is 2.05 bits per heavy atom. The van der Waals surface area contributed by atoms with Gasteiger partial charge in [0.1, 0.15) is 5.82 Å². The molecule has 2 N–H and O–H groups in total. The van der Waals surface area contributed by atoms with Gasteiger partial charge < -0.3 is 5.73 Å². The Morgan fingerprint density at radius 1 is 1.38 bits per heavy atom. The van der Waals surface area contributed by atoms with Crippen LogP contribution in [0.25, 0.3) is 10.9 Å². The monoisotopic (exact) mass is 291 g/mol. The normalized spacial score (nSPS) is 14.4. The number of nitrogens with zero attached hydrogens (tertiary/aromatic N) is 2. The molecule has 0 aliphatic carbocycles. The van der Waals surface area contributed by atoms with Crippen LogP contribution in [0.4, 0.5) is 10.1 Å². The van der Waals surface area contributed by atoms with Crippen LogP contribution in [0, 0.1) is 21.8 Å². The topological polar surface area (TPSA) is 82.0 Å². The third kappa shape index (κ3) is 2.71. The van der Waals surface area contributed by atoms with E-state index in [1.54, 1.807) is 19.1 Å². The molecule has 0 aliphatic heterocycles. The van der Waals surface area contributed by atoms with Gasteiger partial charge in [0.05, 0.1) is 21.9 Å². The van der Waals surface area contributed by atoms with Gasteiger partial charge in [-0.15, -0.1) is 0 Å². The number of aromatic nitrogens is 1. The number of non-ortho nitro benzene ring substituents is 1. The molecule has 0 fully saturated rings. The van der Waals surface area contributed by atoms with Gasteiger partial charge in [0.15, 0.2) is 0 Å². The van der Waals surface area contributed by atoms with E-state index in [-0.39, 0.29) is 23.6 Å². The number of rotatable bonds is 4. The predicted octanol–water partition coefficient (Wildman–Crippen LogP) is 3.37. The van der Waals surface area contributed by atoms with Crippen LogP contribution >= 0.6 is 0 Å². The smallest absolute Gasteiger partial charge is 0.281 e. The summed E-state index contributed by atoms with van der Waals surface area (Å²) < 4.78 is 14.5. The highest BCUT2D eigenvalue weighted by Gasteiger charge is 2.29. The highest BCUT2D eigenvalue weighted by atomic mass is 19.1. The highest BCUT2D eigenvalue weighted by molar-refractivity contribution is 5.90. The fourth-order valence-electron chi connectivity index (χ4n) is 2.89. The Hall–Kier alpha value is -2.08. The largest absolute Gasteiger partial charge is 0.327 e. The van der Waals surface area contributed by atoms with Gasteiger partial charge in [-0.1, -0.05) is 13.8 Å². The summed E-state index contributed by atoms with van der Waals surface area (Å²) in [5.41, 5.74) is 6.41. The summed E-state index contributed by atoms with van der Waals surface area (Å²) in [7, 11) is 0. The van der Waals surface area contributed by atoms with E-state index in [1.165, 1.54) is 6.20 Å². The van der Waals surface area contributed by atoms with Crippen molar-refractivity contribution in [2.45, 2.75) is 32.7 Å². The summed E-state index contributed by atoms with van der Waals surface area (Å²) in [6, 6.07) is 3.87. The number of benzene rings is 1. The van der Waals surface area contributed by atoms with Crippen LogP contribution in [0.15, 0.2) is 24.4 Å². The fourth-order valence-corrected chi connectivity index (χ4v) is 2.89. The average Bonchev–Trinajstić information content (AvgIpc) is 2.40. The second-order valence-corrected chi connectivity index (χ2v) is 5.58. The van der Waals surface area contributed by atoms with Crippen LogP contribution in [0.1, 0.15) is 32.3 Å². The zero-order valence-electron chi connectivity index (χ0n) is 12.2. The molecule has 5 nitrogen and oxygen atoms in total. The molecule has 2 atom stereocenters. The van der Waals surface area contributed by atoms with Crippen molar-refractivity contribution in [1.82, 2.24) is 4.98 Å². The lowest BCUT2D eigenvalue weighted by Crippen LogP contribution is -2.29. The Morgan fingerprint density at radius 3 is 2.57 bits per heavy atom. The average molecular weight is 291 g/mol. The van der Waals surface area contributed by atoms with Gasteiger partial charge >= 0.3 is 0 Å². The number of hydrogen-bond donors (Lipinski definition) is 1. The number of nitro benzene ring substituents is 1. The second kappa shape index (κ2) is 5.73. The maximum atomic E-state index is 14.5. The molecule has 0 amide bonds. The molecule has 1 aromatic heterocycles. The molecule has 112 valence electrons. The van der Waals surface area contributed by atoms with Gasteiger partial charge in [0.25, 0.3) is 5.69 Å². The van der Waals surface area contributed by atoms with E-state index < -0.39 is 10.7 Å².